The lowest BCUT2D eigenvalue weighted by atomic mass is 10.1. The average molecular weight is 490 g/mol. The minimum Gasteiger partial charge on any atom is -0.493 e. The van der Waals surface area contributed by atoms with Crippen molar-refractivity contribution in [2.24, 2.45) is 0 Å². The van der Waals surface area contributed by atoms with Crippen molar-refractivity contribution in [1.82, 2.24) is 10.2 Å². The van der Waals surface area contributed by atoms with Crippen LogP contribution in [0.2, 0.25) is 0 Å². The van der Waals surface area contributed by atoms with Crippen molar-refractivity contribution in [3.8, 4) is 11.5 Å². The van der Waals surface area contributed by atoms with Gasteiger partial charge in [0.25, 0.3) is 15.9 Å². The molecular formula is C24H31N3O6S. The molecule has 184 valence electrons. The number of rotatable bonds is 10. The maximum Gasteiger partial charge on any atom is 0.262 e. The molecule has 34 heavy (non-hydrogen) atoms. The molecule has 2 aromatic carbocycles. The van der Waals surface area contributed by atoms with E-state index in [-0.39, 0.29) is 16.7 Å². The van der Waals surface area contributed by atoms with Crippen LogP contribution in [0.5, 0.6) is 11.5 Å². The van der Waals surface area contributed by atoms with Crippen LogP contribution in [0.1, 0.15) is 43.0 Å². The van der Waals surface area contributed by atoms with Gasteiger partial charge in [-0.15, -0.1) is 0 Å². The standard InChI is InChI=1S/C24H31N3O6S/c1-4-5-14-25-23(28)20-7-6-15-27(20)24(29)17-8-10-18(11-9-17)26-34(30,31)19-12-13-21(32-2)22(16-19)33-3/h8-13,16,20,26H,4-7,14-15H2,1-3H3,(H,25,28). The molecule has 0 spiro atoms. The van der Waals surface area contributed by atoms with E-state index in [1.165, 1.54) is 44.6 Å². The molecule has 3 rings (SSSR count). The molecule has 2 amide bonds. The lowest BCUT2D eigenvalue weighted by molar-refractivity contribution is -0.124. The number of amides is 2. The summed E-state index contributed by atoms with van der Waals surface area (Å²) in [5, 5.41) is 2.90. The van der Waals surface area contributed by atoms with Crippen LogP contribution in [0, 0.1) is 0 Å². The highest BCUT2D eigenvalue weighted by Crippen LogP contribution is 2.30. The van der Waals surface area contributed by atoms with Crippen LogP contribution in [0.4, 0.5) is 5.69 Å². The first-order chi connectivity index (χ1) is 16.3. The SMILES string of the molecule is CCCCNC(=O)C1CCCN1C(=O)c1ccc(NS(=O)(=O)c2ccc(OC)c(OC)c2)cc1. The van der Waals surface area contributed by atoms with E-state index in [0.29, 0.717) is 42.3 Å². The molecule has 1 saturated heterocycles. The number of benzene rings is 2. The summed E-state index contributed by atoms with van der Waals surface area (Å²) < 4.78 is 38.4. The van der Waals surface area contributed by atoms with Gasteiger partial charge in [-0.05, 0) is 55.7 Å². The van der Waals surface area contributed by atoms with Gasteiger partial charge in [-0.2, -0.15) is 0 Å². The number of unbranched alkanes of at least 4 members (excludes halogenated alkanes) is 1. The number of hydrogen-bond donors (Lipinski definition) is 2. The molecule has 1 unspecified atom stereocenters. The number of likely N-dealkylation sites (tertiary alicyclic amines) is 1. The number of carbonyl (C=O) groups is 2. The normalized spacial score (nSPS) is 15.6. The molecule has 1 aliphatic rings. The third-order valence-electron chi connectivity index (χ3n) is 5.70. The Hall–Kier alpha value is -3.27. The fourth-order valence-corrected chi connectivity index (χ4v) is 4.91. The number of ether oxygens (including phenoxy) is 2. The fourth-order valence-electron chi connectivity index (χ4n) is 3.83. The minimum absolute atomic E-state index is 0.0132. The quantitative estimate of drug-likeness (QED) is 0.496. The third kappa shape index (κ3) is 5.80. The summed E-state index contributed by atoms with van der Waals surface area (Å²) in [7, 11) is -0.988. The van der Waals surface area contributed by atoms with Gasteiger partial charge in [0.05, 0.1) is 19.1 Å². The van der Waals surface area contributed by atoms with E-state index in [1.807, 2.05) is 0 Å². The number of nitrogens with zero attached hydrogens (tertiary/aromatic N) is 1. The van der Waals surface area contributed by atoms with Crippen LogP contribution in [0.15, 0.2) is 47.4 Å². The maximum absolute atomic E-state index is 13.0. The number of carbonyl (C=O) groups excluding carboxylic acids is 2. The van der Waals surface area contributed by atoms with E-state index >= 15 is 0 Å². The molecular weight excluding hydrogens is 458 g/mol. The van der Waals surface area contributed by atoms with Gasteiger partial charge in [-0.3, -0.25) is 14.3 Å². The summed E-state index contributed by atoms with van der Waals surface area (Å²) in [6.45, 7) is 3.16. The van der Waals surface area contributed by atoms with Gasteiger partial charge >= 0.3 is 0 Å². The molecule has 2 N–H and O–H groups in total. The van der Waals surface area contributed by atoms with E-state index in [2.05, 4.69) is 17.0 Å². The highest BCUT2D eigenvalue weighted by atomic mass is 32.2. The summed E-state index contributed by atoms with van der Waals surface area (Å²) in [6.07, 6.45) is 3.27. The van der Waals surface area contributed by atoms with Crippen molar-refractivity contribution < 1.29 is 27.5 Å². The molecule has 0 aliphatic carbocycles. The summed E-state index contributed by atoms with van der Waals surface area (Å²) in [5.41, 5.74) is 0.698. The van der Waals surface area contributed by atoms with Gasteiger partial charge in [-0.1, -0.05) is 13.3 Å². The molecule has 0 aromatic heterocycles. The molecule has 10 heteroatoms. The maximum atomic E-state index is 13.0. The van der Waals surface area contributed by atoms with Gasteiger partial charge < -0.3 is 19.7 Å². The van der Waals surface area contributed by atoms with Gasteiger partial charge in [0, 0.05) is 30.4 Å². The molecule has 9 nitrogen and oxygen atoms in total. The highest BCUT2D eigenvalue weighted by Gasteiger charge is 2.34. The molecule has 1 heterocycles. The Bertz CT molecular complexity index is 1120. The van der Waals surface area contributed by atoms with Crippen molar-refractivity contribution in [3.05, 3.63) is 48.0 Å². The van der Waals surface area contributed by atoms with E-state index in [9.17, 15) is 18.0 Å². The second-order valence-electron chi connectivity index (χ2n) is 8.00. The Kier molecular flexibility index (Phi) is 8.38. The average Bonchev–Trinajstić information content (AvgIpc) is 3.33. The number of anilines is 1. The topological polar surface area (TPSA) is 114 Å². The Balaban J connectivity index is 1.70. The number of methoxy groups -OCH3 is 2. The minimum atomic E-state index is -3.88. The van der Waals surface area contributed by atoms with Crippen molar-refractivity contribution in [3.63, 3.8) is 0 Å². The predicted octanol–water partition coefficient (Wildman–Crippen LogP) is 3.03. The van der Waals surface area contributed by atoms with E-state index in [1.54, 1.807) is 17.0 Å². The smallest absolute Gasteiger partial charge is 0.262 e. The zero-order chi connectivity index (χ0) is 24.7. The second-order valence-corrected chi connectivity index (χ2v) is 9.68. The Labute approximate surface area is 200 Å². The van der Waals surface area contributed by atoms with Crippen LogP contribution in [-0.2, 0) is 14.8 Å². The van der Waals surface area contributed by atoms with Gasteiger partial charge in [0.1, 0.15) is 6.04 Å². The molecule has 2 aromatic rings. The van der Waals surface area contributed by atoms with Crippen LogP contribution in [0.25, 0.3) is 0 Å². The first kappa shape index (κ1) is 25.4. The summed E-state index contributed by atoms with van der Waals surface area (Å²) in [6, 6.07) is 9.99. The van der Waals surface area contributed by atoms with E-state index < -0.39 is 16.1 Å². The first-order valence-corrected chi connectivity index (χ1v) is 12.7. The van der Waals surface area contributed by atoms with Crippen LogP contribution in [-0.4, -0.2) is 58.5 Å². The number of nitrogens with one attached hydrogen (secondary N) is 2. The van der Waals surface area contributed by atoms with Crippen molar-refractivity contribution in [1.29, 1.82) is 0 Å². The van der Waals surface area contributed by atoms with Crippen LogP contribution < -0.4 is 19.5 Å². The molecule has 0 bridgehead atoms. The predicted molar refractivity (Wildman–Crippen MR) is 129 cm³/mol. The highest BCUT2D eigenvalue weighted by molar-refractivity contribution is 7.92. The molecule has 0 saturated carbocycles. The lowest BCUT2D eigenvalue weighted by Gasteiger charge is -2.24. The van der Waals surface area contributed by atoms with Crippen molar-refractivity contribution >= 4 is 27.5 Å². The molecule has 0 radical (unpaired) electrons. The van der Waals surface area contributed by atoms with Crippen molar-refractivity contribution in [2.45, 2.75) is 43.5 Å². The monoisotopic (exact) mass is 489 g/mol. The summed E-state index contributed by atoms with van der Waals surface area (Å²) in [5.74, 6) is 0.342. The van der Waals surface area contributed by atoms with E-state index in [0.717, 1.165) is 19.3 Å². The summed E-state index contributed by atoms with van der Waals surface area (Å²) in [4.78, 5) is 27.1. The Morgan fingerprint density at radius 1 is 1.06 bits per heavy atom. The zero-order valence-electron chi connectivity index (χ0n) is 19.7. The van der Waals surface area contributed by atoms with Gasteiger partial charge in [-0.25, -0.2) is 8.42 Å². The number of sulfonamides is 1. The van der Waals surface area contributed by atoms with Crippen LogP contribution >= 0.6 is 0 Å². The Morgan fingerprint density at radius 2 is 1.76 bits per heavy atom. The fraction of sp³-hybridized carbons (Fsp3) is 0.417. The number of hydrogen-bond acceptors (Lipinski definition) is 6. The largest absolute Gasteiger partial charge is 0.493 e. The van der Waals surface area contributed by atoms with Gasteiger partial charge in [0.15, 0.2) is 11.5 Å². The first-order valence-electron chi connectivity index (χ1n) is 11.2. The lowest BCUT2D eigenvalue weighted by Crippen LogP contribution is -2.46. The molecule has 1 aliphatic heterocycles. The third-order valence-corrected chi connectivity index (χ3v) is 7.07. The van der Waals surface area contributed by atoms with Crippen molar-refractivity contribution in [2.75, 3.05) is 32.0 Å². The van der Waals surface area contributed by atoms with E-state index in [4.69, 9.17) is 9.47 Å². The van der Waals surface area contributed by atoms with Gasteiger partial charge in [0.2, 0.25) is 5.91 Å². The zero-order valence-corrected chi connectivity index (χ0v) is 20.5. The van der Waals surface area contributed by atoms with Crippen LogP contribution in [0.3, 0.4) is 0 Å². The molecule has 1 atom stereocenters. The second kappa shape index (κ2) is 11.2. The Morgan fingerprint density at radius 3 is 2.41 bits per heavy atom. The molecule has 1 fully saturated rings. The summed E-state index contributed by atoms with van der Waals surface area (Å²) >= 11 is 0.